The van der Waals surface area contributed by atoms with Crippen LogP contribution in [0.4, 0.5) is 0 Å². The van der Waals surface area contributed by atoms with Crippen molar-refractivity contribution in [1.29, 1.82) is 0 Å². The smallest absolute Gasteiger partial charge is 0.0569 e. The van der Waals surface area contributed by atoms with E-state index in [0.717, 1.165) is 32.0 Å². The predicted octanol–water partition coefficient (Wildman–Crippen LogP) is 2.35. The van der Waals surface area contributed by atoms with Gasteiger partial charge in [0.15, 0.2) is 0 Å². The van der Waals surface area contributed by atoms with Gasteiger partial charge in [-0.2, -0.15) is 0 Å². The van der Waals surface area contributed by atoms with Gasteiger partial charge in [0.2, 0.25) is 0 Å². The summed E-state index contributed by atoms with van der Waals surface area (Å²) in [5, 5.41) is 9.59. The van der Waals surface area contributed by atoms with Crippen molar-refractivity contribution in [1.82, 2.24) is 0 Å². The molecular weight excluding hydrogens is 176 g/mol. The Balaban J connectivity index is 1.45. The molecule has 0 radical (unpaired) electrons. The highest BCUT2D eigenvalue weighted by Crippen LogP contribution is 2.32. The third-order valence-electron chi connectivity index (χ3n) is 3.62. The van der Waals surface area contributed by atoms with Gasteiger partial charge in [-0.15, -0.1) is 0 Å². The summed E-state index contributed by atoms with van der Waals surface area (Å²) in [6.45, 7) is 1.79. The first kappa shape index (κ1) is 10.4. The van der Waals surface area contributed by atoms with E-state index in [1.165, 1.54) is 32.1 Å². The zero-order valence-electron chi connectivity index (χ0n) is 8.95. The largest absolute Gasteiger partial charge is 0.393 e. The molecule has 0 aromatic carbocycles. The van der Waals surface area contributed by atoms with Crippen molar-refractivity contribution in [3.8, 4) is 0 Å². The fraction of sp³-hybridized carbons (Fsp3) is 1.00. The molecule has 2 saturated carbocycles. The van der Waals surface area contributed by atoms with Crippen LogP contribution in [0.2, 0.25) is 0 Å². The summed E-state index contributed by atoms with van der Waals surface area (Å²) >= 11 is 0. The molecule has 0 spiro atoms. The lowest BCUT2D eigenvalue weighted by molar-refractivity contribution is 0.0787. The lowest BCUT2D eigenvalue weighted by Crippen LogP contribution is -2.15. The van der Waals surface area contributed by atoms with Gasteiger partial charge >= 0.3 is 0 Å². The van der Waals surface area contributed by atoms with Gasteiger partial charge in [-0.25, -0.2) is 0 Å². The molecule has 0 bridgehead atoms. The molecule has 2 nitrogen and oxygen atoms in total. The Bertz CT molecular complexity index is 166. The molecular formula is C12H22O2. The van der Waals surface area contributed by atoms with Crippen LogP contribution >= 0.6 is 0 Å². The van der Waals surface area contributed by atoms with Gasteiger partial charge in [0.1, 0.15) is 0 Å². The molecule has 0 aromatic heterocycles. The highest BCUT2D eigenvalue weighted by Gasteiger charge is 2.24. The predicted molar refractivity (Wildman–Crippen MR) is 56.1 cm³/mol. The number of ether oxygens (including phenoxy) is 1. The molecule has 1 N–H and O–H groups in total. The average Bonchev–Trinajstić information content (AvgIpc) is 2.91. The number of hydrogen-bond acceptors (Lipinski definition) is 2. The first-order valence-electron chi connectivity index (χ1n) is 6.12. The standard InChI is InChI=1S/C12H22O2/c13-12-3-1-2-11(12)7-9-14-8-6-10-4-5-10/h10-13H,1-9H2. The van der Waals surface area contributed by atoms with Crippen LogP contribution in [-0.4, -0.2) is 24.4 Å². The monoisotopic (exact) mass is 198 g/mol. The number of hydrogen-bond donors (Lipinski definition) is 1. The second-order valence-corrected chi connectivity index (χ2v) is 4.89. The van der Waals surface area contributed by atoms with Gasteiger partial charge in [0.25, 0.3) is 0 Å². The third-order valence-corrected chi connectivity index (χ3v) is 3.62. The van der Waals surface area contributed by atoms with Crippen LogP contribution in [-0.2, 0) is 4.74 Å². The fourth-order valence-corrected chi connectivity index (χ4v) is 2.35. The normalized spacial score (nSPS) is 32.4. The number of aliphatic hydroxyl groups excluding tert-OH is 1. The van der Waals surface area contributed by atoms with E-state index in [0.29, 0.717) is 5.92 Å². The van der Waals surface area contributed by atoms with Gasteiger partial charge in [-0.05, 0) is 37.5 Å². The zero-order chi connectivity index (χ0) is 9.80. The summed E-state index contributed by atoms with van der Waals surface area (Å²) < 4.78 is 5.58. The molecule has 2 heteroatoms. The van der Waals surface area contributed by atoms with Crippen LogP contribution in [0.25, 0.3) is 0 Å². The Labute approximate surface area is 86.6 Å². The first-order valence-corrected chi connectivity index (χ1v) is 6.12. The van der Waals surface area contributed by atoms with Crippen molar-refractivity contribution in [3.05, 3.63) is 0 Å². The SMILES string of the molecule is OC1CCCC1CCOCCC1CC1. The van der Waals surface area contributed by atoms with E-state index in [1.807, 2.05) is 0 Å². The van der Waals surface area contributed by atoms with Gasteiger partial charge in [-0.1, -0.05) is 19.3 Å². The van der Waals surface area contributed by atoms with Crippen LogP contribution in [0.15, 0.2) is 0 Å². The molecule has 2 aliphatic carbocycles. The molecule has 0 amide bonds. The van der Waals surface area contributed by atoms with Crippen molar-refractivity contribution in [2.24, 2.45) is 11.8 Å². The summed E-state index contributed by atoms with van der Waals surface area (Å²) in [6.07, 6.45) is 8.53. The molecule has 2 aliphatic rings. The molecule has 2 rings (SSSR count). The van der Waals surface area contributed by atoms with E-state index >= 15 is 0 Å². The maximum Gasteiger partial charge on any atom is 0.0569 e. The van der Waals surface area contributed by atoms with E-state index < -0.39 is 0 Å². The molecule has 14 heavy (non-hydrogen) atoms. The van der Waals surface area contributed by atoms with Crippen molar-refractivity contribution < 1.29 is 9.84 Å². The topological polar surface area (TPSA) is 29.5 Å². The minimum absolute atomic E-state index is 0.0398. The third kappa shape index (κ3) is 3.25. The minimum atomic E-state index is -0.0398. The lowest BCUT2D eigenvalue weighted by Gasteiger charge is -2.13. The van der Waals surface area contributed by atoms with Crippen molar-refractivity contribution in [2.45, 2.75) is 51.0 Å². The average molecular weight is 198 g/mol. The van der Waals surface area contributed by atoms with E-state index in [2.05, 4.69) is 0 Å². The summed E-state index contributed by atoms with van der Waals surface area (Å²) in [5.74, 6) is 1.50. The number of rotatable bonds is 6. The Morgan fingerprint density at radius 2 is 1.79 bits per heavy atom. The first-order chi connectivity index (χ1) is 6.86. The zero-order valence-corrected chi connectivity index (χ0v) is 8.95. The second kappa shape index (κ2) is 5.13. The second-order valence-electron chi connectivity index (χ2n) is 4.89. The summed E-state index contributed by atoms with van der Waals surface area (Å²) in [4.78, 5) is 0. The summed E-state index contributed by atoms with van der Waals surface area (Å²) in [6, 6.07) is 0. The molecule has 0 saturated heterocycles. The maximum absolute atomic E-state index is 9.59. The Hall–Kier alpha value is -0.0800. The Morgan fingerprint density at radius 3 is 2.43 bits per heavy atom. The van der Waals surface area contributed by atoms with E-state index in [9.17, 15) is 5.11 Å². The number of aliphatic hydroxyl groups is 1. The van der Waals surface area contributed by atoms with Crippen LogP contribution in [0.5, 0.6) is 0 Å². The van der Waals surface area contributed by atoms with Gasteiger partial charge in [0, 0.05) is 13.2 Å². The van der Waals surface area contributed by atoms with Crippen LogP contribution in [0.1, 0.15) is 44.9 Å². The van der Waals surface area contributed by atoms with Gasteiger partial charge < -0.3 is 9.84 Å². The highest BCUT2D eigenvalue weighted by molar-refractivity contribution is 4.76. The molecule has 2 atom stereocenters. The van der Waals surface area contributed by atoms with E-state index in [4.69, 9.17) is 4.74 Å². The lowest BCUT2D eigenvalue weighted by atomic mass is 10.0. The fourth-order valence-electron chi connectivity index (χ4n) is 2.35. The van der Waals surface area contributed by atoms with Crippen LogP contribution in [0.3, 0.4) is 0 Å². The molecule has 0 heterocycles. The Kier molecular flexibility index (Phi) is 3.82. The van der Waals surface area contributed by atoms with Crippen molar-refractivity contribution in [2.75, 3.05) is 13.2 Å². The molecule has 0 aliphatic heterocycles. The molecule has 0 aromatic rings. The minimum Gasteiger partial charge on any atom is -0.393 e. The molecule has 2 fully saturated rings. The van der Waals surface area contributed by atoms with Crippen molar-refractivity contribution in [3.63, 3.8) is 0 Å². The van der Waals surface area contributed by atoms with Crippen molar-refractivity contribution >= 4 is 0 Å². The Morgan fingerprint density at radius 1 is 1.00 bits per heavy atom. The molecule has 2 unspecified atom stereocenters. The summed E-state index contributed by atoms with van der Waals surface area (Å²) in [5.41, 5.74) is 0. The van der Waals surface area contributed by atoms with E-state index in [-0.39, 0.29) is 6.10 Å². The highest BCUT2D eigenvalue weighted by atomic mass is 16.5. The van der Waals surface area contributed by atoms with Crippen LogP contribution in [0, 0.1) is 11.8 Å². The maximum atomic E-state index is 9.59. The van der Waals surface area contributed by atoms with Gasteiger partial charge in [0.05, 0.1) is 6.10 Å². The molecule has 82 valence electrons. The summed E-state index contributed by atoms with van der Waals surface area (Å²) in [7, 11) is 0. The van der Waals surface area contributed by atoms with Gasteiger partial charge in [-0.3, -0.25) is 0 Å². The van der Waals surface area contributed by atoms with Crippen LogP contribution < -0.4 is 0 Å². The van der Waals surface area contributed by atoms with E-state index in [1.54, 1.807) is 0 Å². The quantitative estimate of drug-likeness (QED) is 0.664.